The normalized spacial score (nSPS) is 11.9. The molecule has 5 nitrogen and oxygen atoms in total. The minimum absolute atomic E-state index is 0.132. The maximum absolute atomic E-state index is 11.8. The van der Waals surface area contributed by atoms with Gasteiger partial charge in [0, 0.05) is 6.54 Å². The Balaban J connectivity index is 3.44. The average Bonchev–Trinajstić information content (AvgIpc) is 2.48. The van der Waals surface area contributed by atoms with Crippen LogP contribution in [0.15, 0.2) is 0 Å². The van der Waals surface area contributed by atoms with Gasteiger partial charge in [0.1, 0.15) is 6.04 Å². The summed E-state index contributed by atoms with van der Waals surface area (Å²) in [7, 11) is 0. The second-order valence-electron chi connectivity index (χ2n) is 5.53. The molecular weight excluding hydrogens is 266 g/mol. The summed E-state index contributed by atoms with van der Waals surface area (Å²) in [5, 5.41) is 5.35. The highest BCUT2D eigenvalue weighted by molar-refractivity contribution is 5.83. The highest BCUT2D eigenvalue weighted by atomic mass is 16.2. The first-order chi connectivity index (χ1) is 10.3. The zero-order valence-corrected chi connectivity index (χ0v) is 13.5. The van der Waals surface area contributed by atoms with Crippen LogP contribution in [0.1, 0.15) is 71.1 Å². The Morgan fingerprint density at radius 3 is 2.14 bits per heavy atom. The lowest BCUT2D eigenvalue weighted by Crippen LogP contribution is -2.45. The molecule has 124 valence electrons. The number of nitrogens with one attached hydrogen (secondary N) is 2. The molecule has 2 amide bonds. The van der Waals surface area contributed by atoms with Crippen LogP contribution in [0.25, 0.3) is 0 Å². The van der Waals surface area contributed by atoms with Gasteiger partial charge in [-0.25, -0.2) is 0 Å². The molecule has 1 atom stereocenters. The molecule has 0 aromatic carbocycles. The van der Waals surface area contributed by atoms with E-state index in [1.165, 1.54) is 44.9 Å². The summed E-state index contributed by atoms with van der Waals surface area (Å²) in [6, 6.07) is -0.494. The molecule has 0 radical (unpaired) electrons. The van der Waals surface area contributed by atoms with Gasteiger partial charge in [0.2, 0.25) is 12.3 Å². The van der Waals surface area contributed by atoms with Gasteiger partial charge in [-0.05, 0) is 19.4 Å². The molecule has 21 heavy (non-hydrogen) atoms. The summed E-state index contributed by atoms with van der Waals surface area (Å²) in [5.41, 5.74) is 5.41. The van der Waals surface area contributed by atoms with Crippen molar-refractivity contribution in [3.63, 3.8) is 0 Å². The van der Waals surface area contributed by atoms with E-state index in [4.69, 9.17) is 5.73 Å². The standard InChI is InChI=1S/C16H33N3O2/c1-2-3-4-5-6-7-8-9-10-13-18-16(21)15(11-12-17)19-14-20/h14-15H,2-13,17H2,1H3,(H,18,21)(H,19,20). The first-order valence-corrected chi connectivity index (χ1v) is 8.43. The molecule has 0 spiro atoms. The molecular formula is C16H33N3O2. The Labute approximate surface area is 129 Å². The fourth-order valence-electron chi connectivity index (χ4n) is 2.31. The molecule has 0 aliphatic rings. The van der Waals surface area contributed by atoms with Crippen molar-refractivity contribution in [1.82, 2.24) is 10.6 Å². The van der Waals surface area contributed by atoms with Crippen LogP contribution >= 0.6 is 0 Å². The van der Waals surface area contributed by atoms with E-state index in [0.717, 1.165) is 12.8 Å². The van der Waals surface area contributed by atoms with Crippen LogP contribution in [0.5, 0.6) is 0 Å². The van der Waals surface area contributed by atoms with E-state index >= 15 is 0 Å². The third-order valence-electron chi connectivity index (χ3n) is 3.62. The largest absolute Gasteiger partial charge is 0.354 e. The van der Waals surface area contributed by atoms with E-state index < -0.39 is 6.04 Å². The van der Waals surface area contributed by atoms with Crippen molar-refractivity contribution in [3.8, 4) is 0 Å². The molecule has 0 aromatic rings. The Morgan fingerprint density at radius 2 is 1.62 bits per heavy atom. The SMILES string of the molecule is CCCCCCCCCCCNC(=O)C(CCN)NC=O. The van der Waals surface area contributed by atoms with E-state index in [-0.39, 0.29) is 5.91 Å². The fraction of sp³-hybridized carbons (Fsp3) is 0.875. The maximum Gasteiger partial charge on any atom is 0.242 e. The van der Waals surface area contributed by atoms with Gasteiger partial charge in [0.25, 0.3) is 0 Å². The summed E-state index contributed by atoms with van der Waals surface area (Å²) in [4.78, 5) is 22.2. The van der Waals surface area contributed by atoms with Gasteiger partial charge in [-0.3, -0.25) is 9.59 Å². The molecule has 0 rings (SSSR count). The lowest BCUT2D eigenvalue weighted by Gasteiger charge is -2.14. The summed E-state index contributed by atoms with van der Waals surface area (Å²) >= 11 is 0. The van der Waals surface area contributed by atoms with E-state index in [1.807, 2.05) is 0 Å². The smallest absolute Gasteiger partial charge is 0.242 e. The van der Waals surface area contributed by atoms with Crippen LogP contribution in [0.4, 0.5) is 0 Å². The number of hydrogen-bond donors (Lipinski definition) is 3. The quantitative estimate of drug-likeness (QED) is 0.320. The van der Waals surface area contributed by atoms with Crippen LogP contribution < -0.4 is 16.4 Å². The topological polar surface area (TPSA) is 84.2 Å². The molecule has 0 saturated carbocycles. The van der Waals surface area contributed by atoms with E-state index in [0.29, 0.717) is 25.9 Å². The molecule has 0 saturated heterocycles. The number of carbonyl (C=O) groups is 2. The van der Waals surface area contributed by atoms with Crippen molar-refractivity contribution in [2.45, 2.75) is 77.2 Å². The van der Waals surface area contributed by atoms with E-state index in [2.05, 4.69) is 17.6 Å². The molecule has 1 unspecified atom stereocenters. The van der Waals surface area contributed by atoms with Crippen LogP contribution in [-0.4, -0.2) is 31.4 Å². The number of carbonyl (C=O) groups excluding carboxylic acids is 2. The zero-order chi connectivity index (χ0) is 15.8. The molecule has 0 heterocycles. The minimum Gasteiger partial charge on any atom is -0.354 e. The Hall–Kier alpha value is -1.10. The number of unbranched alkanes of at least 4 members (excludes halogenated alkanes) is 8. The summed E-state index contributed by atoms with van der Waals surface area (Å²) < 4.78 is 0. The lowest BCUT2D eigenvalue weighted by atomic mass is 10.1. The summed E-state index contributed by atoms with van der Waals surface area (Å²) in [6.45, 7) is 3.30. The zero-order valence-electron chi connectivity index (χ0n) is 13.5. The van der Waals surface area contributed by atoms with Gasteiger partial charge in [-0.15, -0.1) is 0 Å². The highest BCUT2D eigenvalue weighted by Crippen LogP contribution is 2.09. The summed E-state index contributed by atoms with van der Waals surface area (Å²) in [6.07, 6.45) is 12.4. The average molecular weight is 299 g/mol. The lowest BCUT2D eigenvalue weighted by molar-refractivity contribution is -0.125. The molecule has 0 aliphatic carbocycles. The predicted octanol–water partition coefficient (Wildman–Crippen LogP) is 2.10. The van der Waals surface area contributed by atoms with Crippen LogP contribution in [0.3, 0.4) is 0 Å². The fourth-order valence-corrected chi connectivity index (χ4v) is 2.31. The Morgan fingerprint density at radius 1 is 1.05 bits per heavy atom. The van der Waals surface area contributed by atoms with Gasteiger partial charge in [-0.2, -0.15) is 0 Å². The molecule has 5 heteroatoms. The number of amides is 2. The van der Waals surface area contributed by atoms with Gasteiger partial charge in [0.15, 0.2) is 0 Å². The molecule has 0 aliphatic heterocycles. The van der Waals surface area contributed by atoms with E-state index in [9.17, 15) is 9.59 Å². The monoisotopic (exact) mass is 299 g/mol. The van der Waals surface area contributed by atoms with Gasteiger partial charge in [-0.1, -0.05) is 58.3 Å². The predicted molar refractivity (Wildman–Crippen MR) is 86.9 cm³/mol. The second kappa shape index (κ2) is 15.3. The third kappa shape index (κ3) is 12.4. The van der Waals surface area contributed by atoms with Gasteiger partial charge in [0.05, 0.1) is 0 Å². The maximum atomic E-state index is 11.8. The second-order valence-corrected chi connectivity index (χ2v) is 5.53. The van der Waals surface area contributed by atoms with Gasteiger partial charge < -0.3 is 16.4 Å². The molecule has 0 bridgehead atoms. The van der Waals surface area contributed by atoms with Gasteiger partial charge >= 0.3 is 0 Å². The molecule has 0 fully saturated rings. The van der Waals surface area contributed by atoms with Crippen LogP contribution in [0, 0.1) is 0 Å². The Bertz CT molecular complexity index is 260. The van der Waals surface area contributed by atoms with Crippen molar-refractivity contribution in [3.05, 3.63) is 0 Å². The van der Waals surface area contributed by atoms with Crippen molar-refractivity contribution in [2.24, 2.45) is 5.73 Å². The number of hydrogen-bond acceptors (Lipinski definition) is 3. The third-order valence-corrected chi connectivity index (χ3v) is 3.62. The minimum atomic E-state index is -0.494. The van der Waals surface area contributed by atoms with Crippen molar-refractivity contribution in [2.75, 3.05) is 13.1 Å². The van der Waals surface area contributed by atoms with Crippen LogP contribution in [-0.2, 0) is 9.59 Å². The van der Waals surface area contributed by atoms with Crippen molar-refractivity contribution >= 4 is 12.3 Å². The number of nitrogens with two attached hydrogens (primary N) is 1. The van der Waals surface area contributed by atoms with Crippen molar-refractivity contribution in [1.29, 1.82) is 0 Å². The Kier molecular flexibility index (Phi) is 14.5. The van der Waals surface area contributed by atoms with Crippen LogP contribution in [0.2, 0.25) is 0 Å². The van der Waals surface area contributed by atoms with E-state index in [1.54, 1.807) is 0 Å². The highest BCUT2D eigenvalue weighted by Gasteiger charge is 2.15. The number of rotatable bonds is 15. The molecule has 4 N–H and O–H groups in total. The van der Waals surface area contributed by atoms with Crippen molar-refractivity contribution < 1.29 is 9.59 Å². The summed E-state index contributed by atoms with van der Waals surface area (Å²) in [5.74, 6) is -0.132. The first-order valence-electron chi connectivity index (χ1n) is 8.43. The first kappa shape index (κ1) is 19.9. The molecule has 0 aromatic heterocycles.